The van der Waals surface area contributed by atoms with E-state index < -0.39 is 0 Å². The first-order valence-electron chi connectivity index (χ1n) is 3.74. The number of hydrogen-bond donors (Lipinski definition) is 2. The lowest BCUT2D eigenvalue weighted by Crippen LogP contribution is -2.22. The number of nitrogens with zero attached hydrogens (tertiary/aromatic N) is 2. The average molecular weight is 154 g/mol. The summed E-state index contributed by atoms with van der Waals surface area (Å²) >= 11 is 0. The predicted octanol–water partition coefficient (Wildman–Crippen LogP) is 0.175. The monoisotopic (exact) mass is 154 g/mol. The second-order valence-electron chi connectivity index (χ2n) is 2.47. The van der Waals surface area contributed by atoms with E-state index in [2.05, 4.69) is 17.4 Å². The van der Waals surface area contributed by atoms with Crippen LogP contribution in [0.2, 0.25) is 0 Å². The number of rotatable bonds is 3. The smallest absolute Gasteiger partial charge is 0.0597 e. The first kappa shape index (κ1) is 8.23. The summed E-state index contributed by atoms with van der Waals surface area (Å²) in [6.07, 6.45) is 0. The zero-order valence-corrected chi connectivity index (χ0v) is 6.96. The molecule has 0 amide bonds. The Bertz CT molecular complexity index is 228. The van der Waals surface area contributed by atoms with Crippen LogP contribution < -0.4 is 11.3 Å². The third-order valence-corrected chi connectivity index (χ3v) is 1.57. The van der Waals surface area contributed by atoms with Gasteiger partial charge in [-0.2, -0.15) is 5.10 Å². The number of nitrogens with one attached hydrogen (secondary N) is 1. The van der Waals surface area contributed by atoms with E-state index in [1.165, 1.54) is 0 Å². The lowest BCUT2D eigenvalue weighted by Gasteiger charge is -2.01. The Kier molecular flexibility index (Phi) is 2.62. The lowest BCUT2D eigenvalue weighted by molar-refractivity contribution is 0.588. The molecule has 1 rings (SSSR count). The van der Waals surface area contributed by atoms with E-state index >= 15 is 0 Å². The van der Waals surface area contributed by atoms with Crippen LogP contribution in [0.3, 0.4) is 0 Å². The molecule has 1 heterocycles. The molecule has 0 aliphatic rings. The number of nitrogens with two attached hydrogens (primary N) is 1. The molecule has 0 aromatic carbocycles. The molecule has 0 unspecified atom stereocenters. The molecule has 0 saturated carbocycles. The van der Waals surface area contributed by atoms with Crippen LogP contribution in [0.25, 0.3) is 0 Å². The maximum Gasteiger partial charge on any atom is 0.0597 e. The minimum Gasteiger partial charge on any atom is -0.271 e. The van der Waals surface area contributed by atoms with Crippen LogP contribution >= 0.6 is 0 Å². The molecule has 0 saturated heterocycles. The van der Waals surface area contributed by atoms with E-state index in [1.54, 1.807) is 0 Å². The standard InChI is InChI=1S/C7H14N4/c1-3-11-7(5-9-8)4-6(2)10-11/h4,9H,3,5,8H2,1-2H3. The fraction of sp³-hybridized carbons (Fsp3) is 0.571. The Hall–Kier alpha value is -0.870. The summed E-state index contributed by atoms with van der Waals surface area (Å²) in [5, 5.41) is 4.27. The van der Waals surface area contributed by atoms with Gasteiger partial charge >= 0.3 is 0 Å². The van der Waals surface area contributed by atoms with Crippen molar-refractivity contribution in [2.45, 2.75) is 26.9 Å². The fourth-order valence-corrected chi connectivity index (χ4v) is 1.12. The molecule has 4 nitrogen and oxygen atoms in total. The maximum atomic E-state index is 5.20. The number of hydrazine groups is 1. The molecule has 3 N–H and O–H groups in total. The van der Waals surface area contributed by atoms with Gasteiger partial charge in [0.25, 0.3) is 0 Å². The van der Waals surface area contributed by atoms with E-state index in [-0.39, 0.29) is 0 Å². The van der Waals surface area contributed by atoms with Gasteiger partial charge in [-0.15, -0.1) is 0 Å². The predicted molar refractivity (Wildman–Crippen MR) is 43.7 cm³/mol. The highest BCUT2D eigenvalue weighted by molar-refractivity contribution is 5.08. The molecule has 1 aromatic rings. The molecule has 0 aliphatic carbocycles. The van der Waals surface area contributed by atoms with Crippen molar-refractivity contribution >= 4 is 0 Å². The van der Waals surface area contributed by atoms with Gasteiger partial charge in [-0.3, -0.25) is 16.0 Å². The minimum absolute atomic E-state index is 0.675. The Morgan fingerprint density at radius 1 is 1.73 bits per heavy atom. The Balaban J connectivity index is 2.83. The average Bonchev–Trinajstić information content (AvgIpc) is 2.32. The molecule has 0 spiro atoms. The lowest BCUT2D eigenvalue weighted by atomic mass is 10.4. The van der Waals surface area contributed by atoms with Gasteiger partial charge in [-0.05, 0) is 19.9 Å². The second-order valence-corrected chi connectivity index (χ2v) is 2.47. The third kappa shape index (κ3) is 1.78. The van der Waals surface area contributed by atoms with E-state index in [1.807, 2.05) is 17.7 Å². The van der Waals surface area contributed by atoms with Gasteiger partial charge in [-0.1, -0.05) is 0 Å². The quantitative estimate of drug-likeness (QED) is 0.482. The Labute approximate surface area is 66.4 Å². The number of hydrogen-bond acceptors (Lipinski definition) is 3. The minimum atomic E-state index is 0.675. The van der Waals surface area contributed by atoms with Gasteiger partial charge < -0.3 is 0 Å². The van der Waals surface area contributed by atoms with Gasteiger partial charge in [0.05, 0.1) is 17.9 Å². The van der Waals surface area contributed by atoms with E-state index in [0.717, 1.165) is 17.9 Å². The second kappa shape index (κ2) is 3.50. The van der Waals surface area contributed by atoms with Crippen molar-refractivity contribution in [2.24, 2.45) is 5.84 Å². The van der Waals surface area contributed by atoms with Crippen molar-refractivity contribution in [1.29, 1.82) is 0 Å². The van der Waals surface area contributed by atoms with Crippen LogP contribution in [0.15, 0.2) is 6.07 Å². The van der Waals surface area contributed by atoms with E-state index in [9.17, 15) is 0 Å². The summed E-state index contributed by atoms with van der Waals surface area (Å²) < 4.78 is 1.94. The SMILES string of the molecule is CCn1nc(C)cc1CNN. The molecule has 4 heteroatoms. The molecule has 1 aromatic heterocycles. The number of aryl methyl sites for hydroxylation is 2. The van der Waals surface area contributed by atoms with Gasteiger partial charge in [-0.25, -0.2) is 0 Å². The first-order chi connectivity index (χ1) is 5.27. The van der Waals surface area contributed by atoms with E-state index in [0.29, 0.717) is 6.54 Å². The summed E-state index contributed by atoms with van der Waals surface area (Å²) in [5.41, 5.74) is 4.78. The summed E-state index contributed by atoms with van der Waals surface area (Å²) in [6, 6.07) is 2.03. The topological polar surface area (TPSA) is 55.9 Å². The molecule has 0 bridgehead atoms. The van der Waals surface area contributed by atoms with E-state index in [4.69, 9.17) is 5.84 Å². The van der Waals surface area contributed by atoms with Gasteiger partial charge in [0.1, 0.15) is 0 Å². The summed E-state index contributed by atoms with van der Waals surface area (Å²) in [5.74, 6) is 5.20. The molecule has 11 heavy (non-hydrogen) atoms. The Morgan fingerprint density at radius 2 is 2.45 bits per heavy atom. The van der Waals surface area contributed by atoms with Crippen LogP contribution in [0, 0.1) is 6.92 Å². The van der Waals surface area contributed by atoms with Crippen molar-refractivity contribution in [3.05, 3.63) is 17.5 Å². The van der Waals surface area contributed by atoms with Gasteiger partial charge in [0.15, 0.2) is 0 Å². The van der Waals surface area contributed by atoms with Crippen LogP contribution in [-0.4, -0.2) is 9.78 Å². The van der Waals surface area contributed by atoms with Gasteiger partial charge in [0, 0.05) is 6.54 Å². The van der Waals surface area contributed by atoms with Crippen LogP contribution in [0.5, 0.6) is 0 Å². The summed E-state index contributed by atoms with van der Waals surface area (Å²) in [6.45, 7) is 5.61. The van der Waals surface area contributed by atoms with Crippen LogP contribution in [0.1, 0.15) is 18.3 Å². The normalized spacial score (nSPS) is 10.5. The van der Waals surface area contributed by atoms with Crippen LogP contribution in [-0.2, 0) is 13.1 Å². The van der Waals surface area contributed by atoms with Crippen molar-refractivity contribution in [3.63, 3.8) is 0 Å². The summed E-state index contributed by atoms with van der Waals surface area (Å²) in [4.78, 5) is 0. The molecule has 62 valence electrons. The largest absolute Gasteiger partial charge is 0.271 e. The zero-order valence-electron chi connectivity index (χ0n) is 6.96. The highest BCUT2D eigenvalue weighted by atomic mass is 15.3. The van der Waals surface area contributed by atoms with Crippen molar-refractivity contribution in [3.8, 4) is 0 Å². The zero-order chi connectivity index (χ0) is 8.27. The molecule has 0 atom stereocenters. The van der Waals surface area contributed by atoms with Crippen LogP contribution in [0.4, 0.5) is 0 Å². The maximum absolute atomic E-state index is 5.20. The molecule has 0 radical (unpaired) electrons. The van der Waals surface area contributed by atoms with Crippen molar-refractivity contribution < 1.29 is 0 Å². The Morgan fingerprint density at radius 3 is 3.00 bits per heavy atom. The molecule has 0 aliphatic heterocycles. The van der Waals surface area contributed by atoms with Crippen molar-refractivity contribution in [1.82, 2.24) is 15.2 Å². The first-order valence-corrected chi connectivity index (χ1v) is 3.74. The molecule has 0 fully saturated rings. The van der Waals surface area contributed by atoms with Gasteiger partial charge in [0.2, 0.25) is 0 Å². The highest BCUT2D eigenvalue weighted by Gasteiger charge is 2.00. The highest BCUT2D eigenvalue weighted by Crippen LogP contribution is 2.02. The molecular weight excluding hydrogens is 140 g/mol. The number of aromatic nitrogens is 2. The van der Waals surface area contributed by atoms with Crippen molar-refractivity contribution in [2.75, 3.05) is 0 Å². The fourth-order valence-electron chi connectivity index (χ4n) is 1.12. The summed E-state index contributed by atoms with van der Waals surface area (Å²) in [7, 11) is 0. The molecular formula is C7H14N4. The third-order valence-electron chi connectivity index (χ3n) is 1.57.